The van der Waals surface area contributed by atoms with Crippen molar-refractivity contribution in [1.82, 2.24) is 14.9 Å². The third kappa shape index (κ3) is 3.23. The van der Waals surface area contributed by atoms with Crippen molar-refractivity contribution in [2.24, 2.45) is 5.92 Å². The van der Waals surface area contributed by atoms with Crippen LogP contribution in [0.2, 0.25) is 0 Å². The van der Waals surface area contributed by atoms with Gasteiger partial charge in [-0.25, -0.2) is 9.97 Å². The standard InChI is InChI=1S/C17H26N4O/c1-2-15-8-3-4-12-21(15)16(22)14-7-5-11-20(13-14)17-18-9-6-10-19-17/h6,9-10,14-15H,2-5,7-8,11-13H2,1H3. The summed E-state index contributed by atoms with van der Waals surface area (Å²) in [5, 5.41) is 0. The molecule has 2 unspecified atom stereocenters. The molecule has 1 aromatic rings. The van der Waals surface area contributed by atoms with Crippen LogP contribution < -0.4 is 4.90 Å². The molecule has 3 rings (SSSR count). The highest BCUT2D eigenvalue weighted by atomic mass is 16.2. The molecular formula is C17H26N4O. The minimum atomic E-state index is 0.102. The fraction of sp³-hybridized carbons (Fsp3) is 0.706. The average molecular weight is 302 g/mol. The van der Waals surface area contributed by atoms with Gasteiger partial charge in [-0.05, 0) is 44.6 Å². The van der Waals surface area contributed by atoms with Crippen molar-refractivity contribution in [3.05, 3.63) is 18.5 Å². The van der Waals surface area contributed by atoms with E-state index in [1.165, 1.54) is 12.8 Å². The van der Waals surface area contributed by atoms with Crippen LogP contribution in [0, 0.1) is 5.92 Å². The van der Waals surface area contributed by atoms with E-state index in [2.05, 4.69) is 26.7 Å². The van der Waals surface area contributed by atoms with Crippen LogP contribution in [0.3, 0.4) is 0 Å². The first-order chi connectivity index (χ1) is 10.8. The van der Waals surface area contributed by atoms with E-state index in [1.807, 2.05) is 6.07 Å². The Kier molecular flexibility index (Phi) is 4.90. The van der Waals surface area contributed by atoms with Gasteiger partial charge >= 0.3 is 0 Å². The molecule has 5 nitrogen and oxygen atoms in total. The van der Waals surface area contributed by atoms with Crippen LogP contribution in [0.4, 0.5) is 5.95 Å². The van der Waals surface area contributed by atoms with Crippen LogP contribution in [0.15, 0.2) is 18.5 Å². The van der Waals surface area contributed by atoms with Crippen molar-refractivity contribution in [1.29, 1.82) is 0 Å². The van der Waals surface area contributed by atoms with E-state index in [0.29, 0.717) is 11.9 Å². The number of hydrogen-bond donors (Lipinski definition) is 0. The summed E-state index contributed by atoms with van der Waals surface area (Å²) in [5.41, 5.74) is 0. The number of piperidine rings is 2. The van der Waals surface area contributed by atoms with Crippen molar-refractivity contribution in [2.75, 3.05) is 24.5 Å². The van der Waals surface area contributed by atoms with E-state index in [0.717, 1.165) is 51.3 Å². The molecule has 2 fully saturated rings. The van der Waals surface area contributed by atoms with E-state index in [-0.39, 0.29) is 5.92 Å². The van der Waals surface area contributed by atoms with Gasteiger partial charge < -0.3 is 9.80 Å². The van der Waals surface area contributed by atoms with Crippen molar-refractivity contribution >= 4 is 11.9 Å². The van der Waals surface area contributed by atoms with Gasteiger partial charge in [-0.1, -0.05) is 6.92 Å². The summed E-state index contributed by atoms with van der Waals surface area (Å²) in [7, 11) is 0. The molecule has 0 spiro atoms. The summed E-state index contributed by atoms with van der Waals surface area (Å²) in [5.74, 6) is 1.21. The molecule has 5 heteroatoms. The van der Waals surface area contributed by atoms with Crippen LogP contribution >= 0.6 is 0 Å². The second kappa shape index (κ2) is 7.07. The van der Waals surface area contributed by atoms with E-state index in [1.54, 1.807) is 12.4 Å². The number of carbonyl (C=O) groups is 1. The van der Waals surface area contributed by atoms with Gasteiger partial charge in [0.15, 0.2) is 0 Å². The lowest BCUT2D eigenvalue weighted by molar-refractivity contribution is -0.139. The summed E-state index contributed by atoms with van der Waals surface area (Å²) in [6, 6.07) is 2.28. The second-order valence-corrected chi connectivity index (χ2v) is 6.42. The molecular weight excluding hydrogens is 276 g/mol. The van der Waals surface area contributed by atoms with Crippen molar-refractivity contribution < 1.29 is 4.79 Å². The lowest BCUT2D eigenvalue weighted by Gasteiger charge is -2.40. The predicted molar refractivity (Wildman–Crippen MR) is 86.6 cm³/mol. The third-order valence-electron chi connectivity index (χ3n) is 4.99. The van der Waals surface area contributed by atoms with Crippen LogP contribution in [-0.4, -0.2) is 46.5 Å². The molecule has 3 heterocycles. The van der Waals surface area contributed by atoms with Gasteiger partial charge in [0.2, 0.25) is 11.9 Å². The highest BCUT2D eigenvalue weighted by molar-refractivity contribution is 5.80. The molecule has 0 saturated carbocycles. The Morgan fingerprint density at radius 3 is 2.77 bits per heavy atom. The monoisotopic (exact) mass is 302 g/mol. The van der Waals surface area contributed by atoms with Gasteiger partial charge in [-0.15, -0.1) is 0 Å². The van der Waals surface area contributed by atoms with Crippen molar-refractivity contribution in [2.45, 2.75) is 51.5 Å². The molecule has 0 bridgehead atoms. The Bertz CT molecular complexity index is 493. The van der Waals surface area contributed by atoms with Gasteiger partial charge in [-0.2, -0.15) is 0 Å². The van der Waals surface area contributed by atoms with Crippen LogP contribution in [0.25, 0.3) is 0 Å². The van der Waals surface area contributed by atoms with Crippen LogP contribution in [0.1, 0.15) is 45.4 Å². The normalized spacial score (nSPS) is 26.0. The lowest BCUT2D eigenvalue weighted by atomic mass is 9.93. The molecule has 22 heavy (non-hydrogen) atoms. The highest BCUT2D eigenvalue weighted by Crippen LogP contribution is 2.26. The van der Waals surface area contributed by atoms with Gasteiger partial charge in [0.1, 0.15) is 0 Å². The van der Waals surface area contributed by atoms with E-state index < -0.39 is 0 Å². The Balaban J connectivity index is 1.67. The summed E-state index contributed by atoms with van der Waals surface area (Å²) in [6.07, 6.45) is 10.2. The Morgan fingerprint density at radius 2 is 2.00 bits per heavy atom. The lowest BCUT2D eigenvalue weighted by Crippen LogP contribution is -2.50. The molecule has 0 aromatic carbocycles. The maximum absolute atomic E-state index is 13.0. The summed E-state index contributed by atoms with van der Waals surface area (Å²) in [4.78, 5) is 25.9. The second-order valence-electron chi connectivity index (χ2n) is 6.42. The molecule has 0 radical (unpaired) electrons. The molecule has 1 aromatic heterocycles. The first kappa shape index (κ1) is 15.3. The third-order valence-corrected chi connectivity index (χ3v) is 4.99. The maximum Gasteiger partial charge on any atom is 0.227 e. The van der Waals surface area contributed by atoms with Crippen molar-refractivity contribution in [3.8, 4) is 0 Å². The molecule has 1 amide bonds. The minimum Gasteiger partial charge on any atom is -0.340 e. The molecule has 2 aliphatic heterocycles. The van der Waals surface area contributed by atoms with Gasteiger partial charge in [0, 0.05) is 38.1 Å². The first-order valence-corrected chi connectivity index (χ1v) is 8.62. The molecule has 2 atom stereocenters. The smallest absolute Gasteiger partial charge is 0.227 e. The zero-order chi connectivity index (χ0) is 15.4. The number of hydrogen-bond acceptors (Lipinski definition) is 4. The Hall–Kier alpha value is -1.65. The number of carbonyl (C=O) groups excluding carboxylic acids is 1. The van der Waals surface area contributed by atoms with Crippen molar-refractivity contribution in [3.63, 3.8) is 0 Å². The number of amides is 1. The fourth-order valence-electron chi connectivity index (χ4n) is 3.76. The Labute approximate surface area is 132 Å². The van der Waals surface area contributed by atoms with Gasteiger partial charge in [0.05, 0.1) is 5.92 Å². The number of anilines is 1. The first-order valence-electron chi connectivity index (χ1n) is 8.62. The van der Waals surface area contributed by atoms with Crippen LogP contribution in [-0.2, 0) is 4.79 Å². The maximum atomic E-state index is 13.0. The number of nitrogens with zero attached hydrogens (tertiary/aromatic N) is 4. The van der Waals surface area contributed by atoms with E-state index in [4.69, 9.17) is 0 Å². The molecule has 0 N–H and O–H groups in total. The fourth-order valence-corrected chi connectivity index (χ4v) is 3.76. The minimum absolute atomic E-state index is 0.102. The van der Waals surface area contributed by atoms with Gasteiger partial charge in [-0.3, -0.25) is 4.79 Å². The van der Waals surface area contributed by atoms with E-state index >= 15 is 0 Å². The quantitative estimate of drug-likeness (QED) is 0.861. The summed E-state index contributed by atoms with van der Waals surface area (Å²) >= 11 is 0. The number of aromatic nitrogens is 2. The zero-order valence-electron chi connectivity index (χ0n) is 13.4. The SMILES string of the molecule is CCC1CCCCN1C(=O)C1CCCN(c2ncccn2)C1. The number of rotatable bonds is 3. The average Bonchev–Trinajstić information content (AvgIpc) is 2.62. The van der Waals surface area contributed by atoms with Crippen LogP contribution in [0.5, 0.6) is 0 Å². The molecule has 0 aliphatic carbocycles. The summed E-state index contributed by atoms with van der Waals surface area (Å²) < 4.78 is 0. The summed E-state index contributed by atoms with van der Waals surface area (Å²) in [6.45, 7) is 4.84. The highest BCUT2D eigenvalue weighted by Gasteiger charge is 2.33. The van der Waals surface area contributed by atoms with Gasteiger partial charge in [0.25, 0.3) is 0 Å². The molecule has 2 aliphatic rings. The topological polar surface area (TPSA) is 49.3 Å². The zero-order valence-corrected chi connectivity index (χ0v) is 13.4. The number of likely N-dealkylation sites (tertiary alicyclic amines) is 1. The van der Waals surface area contributed by atoms with E-state index in [9.17, 15) is 4.79 Å². The predicted octanol–water partition coefficient (Wildman–Crippen LogP) is 2.48. The molecule has 120 valence electrons. The largest absolute Gasteiger partial charge is 0.340 e. The Morgan fingerprint density at radius 1 is 1.18 bits per heavy atom. The molecule has 2 saturated heterocycles.